The Hall–Kier alpha value is -0.410. The monoisotopic (exact) mass is 352 g/mol. The van der Waals surface area contributed by atoms with Crippen molar-refractivity contribution in [3.8, 4) is 0 Å². The normalized spacial score (nSPS) is 43.5. The number of hydrogen-bond acceptors (Lipinski definition) is 2. The van der Waals surface area contributed by atoms with Crippen LogP contribution in [0.1, 0.15) is 78.1 Å². The molecule has 3 fully saturated rings. The predicted molar refractivity (Wildman–Crippen MR) is 100 cm³/mol. The van der Waals surface area contributed by atoms with Crippen molar-refractivity contribution in [1.82, 2.24) is 0 Å². The lowest BCUT2D eigenvalue weighted by atomic mass is 9.57. The van der Waals surface area contributed by atoms with Gasteiger partial charge >= 0.3 is 0 Å². The highest BCUT2D eigenvalue weighted by Gasteiger charge is 2.51. The Balaban J connectivity index is 1.78. The largest absolute Gasteiger partial charge is 0.353 e. The van der Waals surface area contributed by atoms with Gasteiger partial charge < -0.3 is 9.47 Å². The van der Waals surface area contributed by atoms with Crippen LogP contribution in [0.25, 0.3) is 0 Å². The van der Waals surface area contributed by atoms with Crippen molar-refractivity contribution >= 4 is 0 Å². The van der Waals surface area contributed by atoms with Gasteiger partial charge in [-0.2, -0.15) is 0 Å². The number of rotatable bonds is 2. The van der Waals surface area contributed by atoms with E-state index in [0.29, 0.717) is 36.0 Å². The highest BCUT2D eigenvalue weighted by molar-refractivity contribution is 5.22. The van der Waals surface area contributed by atoms with Crippen LogP contribution in [0, 0.1) is 23.2 Å². The second-order valence-corrected chi connectivity index (χ2v) is 8.92. The van der Waals surface area contributed by atoms with Crippen molar-refractivity contribution < 1.29 is 13.9 Å². The fourth-order valence-electron chi connectivity index (χ4n) is 6.44. The molecule has 3 aliphatic carbocycles. The number of allylic oxidation sites excluding steroid dienone is 2. The molecule has 3 aliphatic rings. The molecule has 3 heteroatoms. The molecule has 0 aromatic carbocycles. The van der Waals surface area contributed by atoms with Gasteiger partial charge in [-0.25, -0.2) is 4.39 Å². The van der Waals surface area contributed by atoms with Gasteiger partial charge in [0.1, 0.15) is 6.17 Å². The second-order valence-electron chi connectivity index (χ2n) is 8.92. The number of fused-ring (bicyclic) bond motifs is 3. The molecule has 0 bridgehead atoms. The van der Waals surface area contributed by atoms with Gasteiger partial charge in [-0.05, 0) is 81.5 Å². The topological polar surface area (TPSA) is 18.5 Å². The second kappa shape index (κ2) is 7.68. The van der Waals surface area contributed by atoms with Crippen LogP contribution < -0.4 is 0 Å². The maximum atomic E-state index is 15.0. The number of hydrogen-bond donors (Lipinski definition) is 0. The van der Waals surface area contributed by atoms with Crippen LogP contribution in [0.5, 0.6) is 0 Å². The maximum Gasteiger partial charge on any atom is 0.167 e. The van der Waals surface area contributed by atoms with Gasteiger partial charge in [0.15, 0.2) is 5.79 Å². The summed E-state index contributed by atoms with van der Waals surface area (Å²) in [5.74, 6) is 1.34. The summed E-state index contributed by atoms with van der Waals surface area (Å²) in [4.78, 5) is 0. The van der Waals surface area contributed by atoms with Crippen LogP contribution in [0.4, 0.5) is 4.39 Å². The van der Waals surface area contributed by atoms with E-state index in [9.17, 15) is 4.39 Å². The average molecular weight is 353 g/mol. The Morgan fingerprint density at radius 1 is 1.04 bits per heavy atom. The smallest absolute Gasteiger partial charge is 0.167 e. The van der Waals surface area contributed by atoms with E-state index in [-0.39, 0.29) is 0 Å². The molecule has 0 N–H and O–H groups in total. The van der Waals surface area contributed by atoms with Crippen LogP contribution in [-0.2, 0) is 9.47 Å². The Kier molecular flexibility index (Phi) is 5.95. The van der Waals surface area contributed by atoms with Gasteiger partial charge in [0.05, 0.1) is 0 Å². The molecule has 144 valence electrons. The van der Waals surface area contributed by atoms with Gasteiger partial charge in [-0.15, -0.1) is 0 Å². The van der Waals surface area contributed by atoms with Crippen LogP contribution in [0.15, 0.2) is 11.6 Å². The minimum Gasteiger partial charge on any atom is -0.353 e. The highest BCUT2D eigenvalue weighted by Crippen LogP contribution is 2.60. The third-order valence-electron chi connectivity index (χ3n) is 8.02. The zero-order chi connectivity index (χ0) is 18.1. The number of ether oxygens (including phenoxy) is 2. The minimum atomic E-state index is -0.729. The van der Waals surface area contributed by atoms with Gasteiger partial charge in [0.2, 0.25) is 0 Å². The van der Waals surface area contributed by atoms with Crippen LogP contribution in [-0.4, -0.2) is 26.2 Å². The minimum absolute atomic E-state index is 0.336. The molecule has 0 radical (unpaired) electrons. The molecule has 25 heavy (non-hydrogen) atoms. The zero-order valence-corrected chi connectivity index (χ0v) is 16.7. The molecule has 0 saturated heterocycles. The van der Waals surface area contributed by atoms with Crippen molar-refractivity contribution in [1.29, 1.82) is 0 Å². The predicted octanol–water partition coefficient (Wildman–Crippen LogP) is 6.06. The summed E-state index contributed by atoms with van der Waals surface area (Å²) in [5, 5.41) is 0. The Morgan fingerprint density at radius 3 is 2.48 bits per heavy atom. The molecule has 2 nitrogen and oxygen atoms in total. The molecule has 0 aliphatic heterocycles. The van der Waals surface area contributed by atoms with Crippen LogP contribution in [0.3, 0.4) is 0 Å². The molecular weight excluding hydrogens is 315 g/mol. The molecule has 0 spiro atoms. The first kappa shape index (κ1) is 19.4. The lowest BCUT2D eigenvalue weighted by molar-refractivity contribution is -0.219. The molecule has 0 unspecified atom stereocenters. The van der Waals surface area contributed by atoms with E-state index >= 15 is 0 Å². The first-order chi connectivity index (χ1) is 12.0. The zero-order valence-electron chi connectivity index (χ0n) is 16.7. The highest BCUT2D eigenvalue weighted by atomic mass is 19.1. The summed E-state index contributed by atoms with van der Waals surface area (Å²) in [5.41, 5.74) is 1.98. The number of alkyl halides is 1. The van der Waals surface area contributed by atoms with E-state index in [1.165, 1.54) is 32.1 Å². The van der Waals surface area contributed by atoms with Gasteiger partial charge in [0.25, 0.3) is 0 Å². The summed E-state index contributed by atoms with van der Waals surface area (Å²) >= 11 is 0. The van der Waals surface area contributed by atoms with E-state index in [1.807, 2.05) is 0 Å². The van der Waals surface area contributed by atoms with Crippen molar-refractivity contribution in [3.63, 3.8) is 0 Å². The summed E-state index contributed by atoms with van der Waals surface area (Å²) in [6.07, 6.45) is 11.8. The maximum absolute atomic E-state index is 15.0. The van der Waals surface area contributed by atoms with Crippen molar-refractivity contribution in [2.75, 3.05) is 14.2 Å². The molecule has 3 saturated carbocycles. The van der Waals surface area contributed by atoms with Gasteiger partial charge in [-0.1, -0.05) is 18.6 Å². The van der Waals surface area contributed by atoms with Crippen molar-refractivity contribution in [3.05, 3.63) is 11.6 Å². The van der Waals surface area contributed by atoms with Crippen molar-refractivity contribution in [2.45, 2.75) is 90.0 Å². The van der Waals surface area contributed by atoms with Crippen LogP contribution in [0.2, 0.25) is 0 Å². The summed E-state index contributed by atoms with van der Waals surface area (Å²) in [6.45, 7) is 4.65. The molecule has 5 atom stereocenters. The lowest BCUT2D eigenvalue weighted by Gasteiger charge is -2.48. The molecule has 0 heterocycles. The summed E-state index contributed by atoms with van der Waals surface area (Å²) in [7, 11) is 3.41. The number of methoxy groups -OCH3 is 2. The van der Waals surface area contributed by atoms with Crippen molar-refractivity contribution in [2.24, 2.45) is 23.2 Å². The Bertz CT molecular complexity index is 484. The first-order valence-corrected chi connectivity index (χ1v) is 10.4. The van der Waals surface area contributed by atoms with E-state index in [1.54, 1.807) is 19.8 Å². The first-order valence-electron chi connectivity index (χ1n) is 10.4. The summed E-state index contributed by atoms with van der Waals surface area (Å²) in [6, 6.07) is 0. The quantitative estimate of drug-likeness (QED) is 0.444. The molecule has 3 rings (SSSR count). The van der Waals surface area contributed by atoms with E-state index in [0.717, 1.165) is 19.3 Å². The molecular formula is C22H37FO2. The lowest BCUT2D eigenvalue weighted by Crippen LogP contribution is -2.42. The fraction of sp³-hybridized carbons (Fsp3) is 0.909. The summed E-state index contributed by atoms with van der Waals surface area (Å²) < 4.78 is 26.3. The van der Waals surface area contributed by atoms with E-state index < -0.39 is 12.0 Å². The van der Waals surface area contributed by atoms with Gasteiger partial charge in [-0.3, -0.25) is 0 Å². The molecule has 0 amide bonds. The Morgan fingerprint density at radius 2 is 1.80 bits per heavy atom. The standard InChI is InChI=1S/C22H37FO2/c1-5-17-8-9-20-19-15-18(23)11-14-22(24-3,25-4)12-6-7-16(19)10-13-21(17,20)2/h5,16,18-20H,6-15H2,1-4H3/b17-5-/t16-,18-,19+,20-,21+/m0/s1. The third kappa shape index (κ3) is 3.56. The average Bonchev–Trinajstić information content (AvgIpc) is 2.96. The van der Waals surface area contributed by atoms with Gasteiger partial charge in [0, 0.05) is 27.1 Å². The van der Waals surface area contributed by atoms with E-state index in [4.69, 9.17) is 9.47 Å². The van der Waals surface area contributed by atoms with Crippen LogP contribution >= 0.6 is 0 Å². The SMILES string of the molecule is C/C=C1/CC[C@H]2[C@@H]3C[C@@H](F)CCC(OC)(OC)CCC[C@H]3CC[C@]12C. The third-order valence-corrected chi connectivity index (χ3v) is 8.02. The fourth-order valence-corrected chi connectivity index (χ4v) is 6.44. The number of halogens is 1. The van der Waals surface area contributed by atoms with E-state index in [2.05, 4.69) is 19.9 Å². The Labute approximate surface area is 153 Å². The molecule has 0 aromatic heterocycles. The molecule has 0 aromatic rings.